The van der Waals surface area contributed by atoms with Crippen LogP contribution in [0.25, 0.3) is 11.0 Å². The minimum atomic E-state index is -4.00. The van der Waals surface area contributed by atoms with Crippen LogP contribution in [-0.2, 0) is 34.3 Å². The number of hydrogen-bond acceptors (Lipinski definition) is 12. The van der Waals surface area contributed by atoms with E-state index in [2.05, 4.69) is 9.71 Å². The first-order valence-corrected chi connectivity index (χ1v) is 20.2. The molecule has 1 unspecified atom stereocenters. The van der Waals surface area contributed by atoms with Crippen LogP contribution in [0, 0.1) is 0 Å². The lowest BCUT2D eigenvalue weighted by atomic mass is 9.88. The van der Waals surface area contributed by atoms with Crippen molar-refractivity contribution in [2.24, 2.45) is 0 Å². The third kappa shape index (κ3) is 9.66. The van der Waals surface area contributed by atoms with Gasteiger partial charge in [0, 0.05) is 31.5 Å². The van der Waals surface area contributed by atoms with Crippen LogP contribution in [0.15, 0.2) is 58.6 Å². The predicted octanol–water partition coefficient (Wildman–Crippen LogP) is 3.72. The smallest absolute Gasteiger partial charge is 0.419 e. The molecule has 0 saturated carbocycles. The highest BCUT2D eigenvalue weighted by molar-refractivity contribution is 7.89. The molecule has 5 rings (SSSR count). The molecule has 53 heavy (non-hydrogen) atoms. The van der Waals surface area contributed by atoms with Crippen molar-refractivity contribution in [3.8, 4) is 5.75 Å². The number of nitrogens with one attached hydrogen (secondary N) is 1. The first kappa shape index (κ1) is 40.4. The molecule has 2 atom stereocenters. The molecule has 2 aliphatic rings. The number of aromatic nitrogens is 2. The number of piperidine rings is 1. The summed E-state index contributed by atoms with van der Waals surface area (Å²) < 4.78 is 80.0. The zero-order valence-corrected chi connectivity index (χ0v) is 32.7. The molecule has 1 aromatic carbocycles. The summed E-state index contributed by atoms with van der Waals surface area (Å²) in [7, 11) is -6.40. The van der Waals surface area contributed by atoms with Gasteiger partial charge >= 0.3 is 12.2 Å². The van der Waals surface area contributed by atoms with Crippen LogP contribution in [0.5, 0.6) is 5.75 Å². The van der Waals surface area contributed by atoms with Gasteiger partial charge in [0.05, 0.1) is 40.7 Å². The van der Waals surface area contributed by atoms with Crippen molar-refractivity contribution < 1.29 is 50.5 Å². The first-order chi connectivity index (χ1) is 24.6. The summed E-state index contributed by atoms with van der Waals surface area (Å²) in [5, 5.41) is 11.0. The van der Waals surface area contributed by atoms with Gasteiger partial charge in [-0.3, -0.25) is 9.55 Å². The van der Waals surface area contributed by atoms with Gasteiger partial charge in [0.15, 0.2) is 0 Å². The highest BCUT2D eigenvalue weighted by Crippen LogP contribution is 2.39. The molecule has 2 saturated heterocycles. The molecule has 18 heteroatoms. The zero-order valence-electron chi connectivity index (χ0n) is 31.1. The van der Waals surface area contributed by atoms with E-state index in [0.717, 1.165) is 0 Å². The average Bonchev–Trinajstić information content (AvgIpc) is 3.69. The normalized spacial score (nSPS) is 18.9. The molecular weight excluding hydrogens is 731 g/mol. The number of ether oxygens (including phenoxy) is 4. The van der Waals surface area contributed by atoms with Crippen molar-refractivity contribution in [1.82, 2.24) is 23.5 Å². The molecule has 2 aliphatic heterocycles. The number of nitrogens with zero attached hydrogens (tertiary/aromatic N) is 4. The van der Waals surface area contributed by atoms with E-state index >= 15 is 0 Å². The van der Waals surface area contributed by atoms with Gasteiger partial charge < -0.3 is 29.0 Å². The van der Waals surface area contributed by atoms with Crippen LogP contribution >= 0.6 is 0 Å². The summed E-state index contributed by atoms with van der Waals surface area (Å²) in [4.78, 5) is 31.9. The summed E-state index contributed by atoms with van der Waals surface area (Å²) in [5.74, 6) is 0.224. The van der Waals surface area contributed by atoms with E-state index in [9.17, 15) is 31.5 Å². The fourth-order valence-electron chi connectivity index (χ4n) is 6.27. The van der Waals surface area contributed by atoms with Gasteiger partial charge in [0.2, 0.25) is 20.0 Å². The second kappa shape index (κ2) is 15.1. The number of hydrogen-bond donors (Lipinski definition) is 2. The second-order valence-corrected chi connectivity index (χ2v) is 19.1. The van der Waals surface area contributed by atoms with Gasteiger partial charge in [-0.2, -0.15) is 4.31 Å². The summed E-state index contributed by atoms with van der Waals surface area (Å²) in [6.07, 6.45) is 1.39. The monoisotopic (exact) mass is 779 g/mol. The Morgan fingerprint density at radius 2 is 1.72 bits per heavy atom. The molecule has 292 valence electrons. The lowest BCUT2D eigenvalue weighted by molar-refractivity contribution is -0.0329. The van der Waals surface area contributed by atoms with Crippen LogP contribution in [-0.4, -0.2) is 122 Å². The van der Waals surface area contributed by atoms with Gasteiger partial charge in [-0.05, 0) is 92.1 Å². The number of carbonyl (C=O) groups excluding carboxylic acids is 2. The van der Waals surface area contributed by atoms with Gasteiger partial charge in [0.1, 0.15) is 34.6 Å². The van der Waals surface area contributed by atoms with Gasteiger partial charge in [-0.15, -0.1) is 0 Å². The number of fused-ring (bicyclic) bond motifs is 1. The van der Waals surface area contributed by atoms with E-state index in [-0.39, 0.29) is 48.4 Å². The van der Waals surface area contributed by atoms with Gasteiger partial charge in [-0.1, -0.05) is 6.07 Å². The second-order valence-electron chi connectivity index (χ2n) is 15.3. The van der Waals surface area contributed by atoms with Crippen molar-refractivity contribution >= 4 is 43.3 Å². The highest BCUT2D eigenvalue weighted by atomic mass is 32.2. The van der Waals surface area contributed by atoms with Crippen LogP contribution in [0.3, 0.4) is 0 Å². The van der Waals surface area contributed by atoms with Crippen molar-refractivity contribution in [2.75, 3.05) is 39.9 Å². The number of benzene rings is 1. The van der Waals surface area contributed by atoms with Crippen LogP contribution in [0.1, 0.15) is 60.8 Å². The van der Waals surface area contributed by atoms with E-state index in [1.54, 1.807) is 53.7 Å². The maximum Gasteiger partial charge on any atom is 0.419 e. The Labute approximate surface area is 310 Å². The lowest BCUT2D eigenvalue weighted by Crippen LogP contribution is -2.50. The molecule has 3 aromatic rings. The van der Waals surface area contributed by atoms with Crippen molar-refractivity contribution in [1.29, 1.82) is 0 Å². The molecule has 1 spiro atoms. The largest absolute Gasteiger partial charge is 0.491 e. The number of pyridine rings is 1. The molecule has 2 aromatic heterocycles. The average molecular weight is 780 g/mol. The molecular formula is C35H49N5O11S2. The number of aliphatic hydroxyl groups excluding tert-OH is 1. The topological polar surface area (TPSA) is 196 Å². The van der Waals surface area contributed by atoms with E-state index in [4.69, 9.17) is 18.9 Å². The molecule has 1 amide bonds. The van der Waals surface area contributed by atoms with E-state index in [0.29, 0.717) is 30.3 Å². The van der Waals surface area contributed by atoms with Crippen molar-refractivity contribution in [2.45, 2.75) is 99.5 Å². The maximum atomic E-state index is 13.8. The molecule has 0 radical (unpaired) electrons. The summed E-state index contributed by atoms with van der Waals surface area (Å²) in [6.45, 7) is 10.5. The summed E-state index contributed by atoms with van der Waals surface area (Å²) in [6, 6.07) is 8.37. The molecule has 2 N–H and O–H groups in total. The number of sulfonamides is 2. The molecule has 4 heterocycles. The Morgan fingerprint density at radius 3 is 2.36 bits per heavy atom. The predicted molar refractivity (Wildman–Crippen MR) is 194 cm³/mol. The quantitative estimate of drug-likeness (QED) is 0.303. The van der Waals surface area contributed by atoms with Crippen LogP contribution in [0.4, 0.5) is 9.59 Å². The Hall–Kier alpha value is -3.81. The summed E-state index contributed by atoms with van der Waals surface area (Å²) in [5.41, 5.74) is -1.54. The molecule has 2 fully saturated rings. The van der Waals surface area contributed by atoms with E-state index < -0.39 is 61.2 Å². The SMILES string of the molecule is CNS(=O)(=O)c1cccc(OCC(O)CN(C(=O)OC(C)(C)C)[C@H]2COC3(CCN(S(=O)(=O)c4cnc5ccn(C(=O)OC(C)(C)C)c5c4)CC3)C2)c1. The Morgan fingerprint density at radius 1 is 1.04 bits per heavy atom. The molecule has 0 aliphatic carbocycles. The third-order valence-corrected chi connectivity index (χ3v) is 12.1. The van der Waals surface area contributed by atoms with Crippen molar-refractivity contribution in [3.05, 3.63) is 48.8 Å². The third-order valence-electron chi connectivity index (χ3n) is 8.87. The Balaban J connectivity index is 1.25. The first-order valence-electron chi connectivity index (χ1n) is 17.3. The fourth-order valence-corrected chi connectivity index (χ4v) is 8.44. The number of amides is 1. The lowest BCUT2D eigenvalue weighted by Gasteiger charge is -2.38. The van der Waals surface area contributed by atoms with Crippen molar-refractivity contribution in [3.63, 3.8) is 0 Å². The van der Waals surface area contributed by atoms with Crippen LogP contribution in [0.2, 0.25) is 0 Å². The fraction of sp³-hybridized carbons (Fsp3) is 0.571. The van der Waals surface area contributed by atoms with E-state index in [1.165, 1.54) is 57.5 Å². The number of carbonyl (C=O) groups is 2. The number of rotatable bonds is 10. The summed E-state index contributed by atoms with van der Waals surface area (Å²) >= 11 is 0. The van der Waals surface area contributed by atoms with Gasteiger partial charge in [-0.25, -0.2) is 31.1 Å². The highest BCUT2D eigenvalue weighted by Gasteiger charge is 2.48. The van der Waals surface area contributed by atoms with E-state index in [1.807, 2.05) is 0 Å². The van der Waals surface area contributed by atoms with Crippen LogP contribution < -0.4 is 9.46 Å². The maximum absolute atomic E-state index is 13.8. The minimum Gasteiger partial charge on any atom is -0.491 e. The molecule has 0 bridgehead atoms. The Kier molecular flexibility index (Phi) is 11.5. The number of aliphatic hydroxyl groups is 1. The molecule has 16 nitrogen and oxygen atoms in total. The van der Waals surface area contributed by atoms with Gasteiger partial charge in [0.25, 0.3) is 0 Å². The standard InChI is InChI=1S/C35H49N5O11S2/c1-33(2,3)50-31(42)39-14-11-29-30(39)18-28(20-37-29)53(46,47)38-15-12-35(13-16-38)19-24(22-49-35)40(32(43)51-34(4,5)6)21-25(41)23-48-26-9-8-10-27(17-26)52(44,45)36-7/h8-11,14,17-18,20,24-25,36,41H,12-13,15-16,19,21-23H2,1-7H3/t24-,25?/m1/s1. The minimum absolute atomic E-state index is 0.000652. The Bertz CT molecular complexity index is 2030. The zero-order chi connectivity index (χ0) is 39.0.